The number of fused-ring (bicyclic) bond motifs is 1. The van der Waals surface area contributed by atoms with Gasteiger partial charge in [0.05, 0.1) is 12.0 Å². The minimum absolute atomic E-state index is 0.206. The van der Waals surface area contributed by atoms with Crippen molar-refractivity contribution in [2.45, 2.75) is 6.17 Å². The smallest absolute Gasteiger partial charge is 0.354 e. The number of carbonyl (C=O) groups is 1. The summed E-state index contributed by atoms with van der Waals surface area (Å²) < 4.78 is 14.2. The molecule has 0 saturated carbocycles. The highest BCUT2D eigenvalue weighted by atomic mass is 19.1. The fourth-order valence-electron chi connectivity index (χ4n) is 2.91. The first-order chi connectivity index (χ1) is 12.6. The molecule has 0 amide bonds. The van der Waals surface area contributed by atoms with Gasteiger partial charge < -0.3 is 10.5 Å². The van der Waals surface area contributed by atoms with Crippen LogP contribution in [0.5, 0.6) is 0 Å². The molecule has 0 bridgehead atoms. The molecule has 0 spiro atoms. The number of benzene rings is 2. The van der Waals surface area contributed by atoms with Gasteiger partial charge in [0.15, 0.2) is 11.9 Å². The van der Waals surface area contributed by atoms with Crippen LogP contribution in [0.3, 0.4) is 0 Å². The first kappa shape index (κ1) is 16.1. The third-order valence-electron chi connectivity index (χ3n) is 4.10. The second-order valence-electron chi connectivity index (χ2n) is 5.76. The molecule has 0 aliphatic carbocycles. The molecule has 0 aromatic heterocycles. The monoisotopic (exact) mass is 351 g/mol. The number of halogens is 1. The Balaban J connectivity index is 1.88. The van der Waals surface area contributed by atoms with Crippen LogP contribution < -0.4 is 5.43 Å². The Morgan fingerprint density at radius 2 is 2.08 bits per heavy atom. The van der Waals surface area contributed by atoms with Gasteiger partial charge in [-0.25, -0.2) is 14.2 Å². The normalized spacial score (nSPS) is 18.8. The molecule has 1 atom stereocenters. The molecule has 2 aromatic rings. The molecule has 2 aliphatic rings. The van der Waals surface area contributed by atoms with Gasteiger partial charge in [-0.2, -0.15) is 5.01 Å². The van der Waals surface area contributed by atoms with E-state index in [9.17, 15) is 14.3 Å². The lowest BCUT2D eigenvalue weighted by atomic mass is 9.98. The number of aliphatic imine (C=N–C) groups is 3. The second-order valence-corrected chi connectivity index (χ2v) is 5.76. The summed E-state index contributed by atoms with van der Waals surface area (Å²) in [6, 6.07) is 11.9. The average molecular weight is 351 g/mol. The van der Waals surface area contributed by atoms with Gasteiger partial charge in [0.2, 0.25) is 0 Å². The first-order valence-corrected chi connectivity index (χ1v) is 7.88. The average Bonchev–Trinajstić information content (AvgIpc) is 3.10. The number of carboxylic acids is 1. The summed E-state index contributed by atoms with van der Waals surface area (Å²) in [6.07, 6.45) is 2.12. The van der Waals surface area contributed by atoms with Crippen molar-refractivity contribution in [2.75, 3.05) is 6.67 Å². The van der Waals surface area contributed by atoms with Crippen LogP contribution in [-0.4, -0.2) is 47.2 Å². The predicted molar refractivity (Wildman–Crippen MR) is 96.3 cm³/mol. The highest BCUT2D eigenvalue weighted by molar-refractivity contribution is 6.38. The summed E-state index contributed by atoms with van der Waals surface area (Å²) >= 11 is 0. The van der Waals surface area contributed by atoms with Gasteiger partial charge in [0.1, 0.15) is 12.5 Å². The lowest BCUT2D eigenvalue weighted by Gasteiger charge is -2.21. The van der Waals surface area contributed by atoms with Crippen molar-refractivity contribution >= 4 is 29.9 Å². The van der Waals surface area contributed by atoms with Crippen molar-refractivity contribution < 1.29 is 14.3 Å². The van der Waals surface area contributed by atoms with Crippen molar-refractivity contribution in [3.63, 3.8) is 0 Å². The van der Waals surface area contributed by atoms with Crippen molar-refractivity contribution in [1.29, 1.82) is 0 Å². The maximum Gasteiger partial charge on any atom is 0.354 e. The Morgan fingerprint density at radius 1 is 1.27 bits per heavy atom. The van der Waals surface area contributed by atoms with Gasteiger partial charge in [-0.15, -0.1) is 0 Å². The van der Waals surface area contributed by atoms with E-state index in [0.29, 0.717) is 11.1 Å². The van der Waals surface area contributed by atoms with Crippen molar-refractivity contribution in [3.05, 3.63) is 53.8 Å². The third kappa shape index (κ3) is 2.86. The molecule has 2 aliphatic heterocycles. The fourth-order valence-corrected chi connectivity index (χ4v) is 2.91. The van der Waals surface area contributed by atoms with E-state index in [-0.39, 0.29) is 18.1 Å². The van der Waals surface area contributed by atoms with Crippen molar-refractivity contribution in [2.24, 2.45) is 15.0 Å². The molecule has 7 nitrogen and oxygen atoms in total. The highest BCUT2D eigenvalue weighted by Crippen LogP contribution is 2.33. The number of aliphatic carboxylic acids is 1. The largest absolute Gasteiger partial charge is 0.477 e. The molecule has 130 valence electrons. The zero-order chi connectivity index (χ0) is 18.1. The Labute approximate surface area is 148 Å². The quantitative estimate of drug-likeness (QED) is 0.887. The zero-order valence-corrected chi connectivity index (χ0v) is 13.5. The van der Waals surface area contributed by atoms with E-state index in [1.807, 2.05) is 30.3 Å². The maximum absolute atomic E-state index is 14.2. The second kappa shape index (κ2) is 6.49. The van der Waals surface area contributed by atoms with Gasteiger partial charge >= 0.3 is 5.97 Å². The predicted octanol–water partition coefficient (Wildman–Crippen LogP) is 2.21. The zero-order valence-electron chi connectivity index (χ0n) is 13.5. The molecule has 26 heavy (non-hydrogen) atoms. The van der Waals surface area contributed by atoms with Crippen LogP contribution in [0.25, 0.3) is 11.1 Å². The third-order valence-corrected chi connectivity index (χ3v) is 4.10. The number of hydrogen-bond acceptors (Lipinski definition) is 6. The molecule has 1 unspecified atom stereocenters. The molecular formula is C18H14FN5O2. The van der Waals surface area contributed by atoms with Gasteiger partial charge in [-0.3, -0.25) is 9.98 Å². The lowest BCUT2D eigenvalue weighted by Crippen LogP contribution is -2.47. The Kier molecular flexibility index (Phi) is 4.02. The van der Waals surface area contributed by atoms with E-state index in [2.05, 4.69) is 20.4 Å². The number of hydrogen-bond donors (Lipinski definition) is 2. The summed E-state index contributed by atoms with van der Waals surface area (Å²) in [4.78, 5) is 24.3. The van der Waals surface area contributed by atoms with E-state index in [4.69, 9.17) is 0 Å². The van der Waals surface area contributed by atoms with Gasteiger partial charge in [0.25, 0.3) is 0 Å². The van der Waals surface area contributed by atoms with Gasteiger partial charge in [-0.1, -0.05) is 30.3 Å². The molecular weight excluding hydrogens is 337 g/mol. The van der Waals surface area contributed by atoms with Crippen LogP contribution in [0.15, 0.2) is 57.4 Å². The van der Waals surface area contributed by atoms with Crippen LogP contribution >= 0.6 is 0 Å². The Bertz CT molecular complexity index is 948. The number of nitrogens with one attached hydrogen (secondary N) is 1. The van der Waals surface area contributed by atoms with E-state index in [1.165, 1.54) is 23.5 Å². The number of hydrazine groups is 1. The topological polar surface area (TPSA) is 89.6 Å². The van der Waals surface area contributed by atoms with Crippen LogP contribution in [0, 0.1) is 5.82 Å². The van der Waals surface area contributed by atoms with Crippen LogP contribution in [0.4, 0.5) is 10.1 Å². The maximum atomic E-state index is 14.2. The summed E-state index contributed by atoms with van der Waals surface area (Å²) in [5.74, 6) is -1.72. The molecule has 0 radical (unpaired) electrons. The van der Waals surface area contributed by atoms with Gasteiger partial charge in [0, 0.05) is 17.8 Å². The number of rotatable bonds is 3. The molecule has 0 fully saturated rings. The summed E-state index contributed by atoms with van der Waals surface area (Å²) in [6.45, 7) is 0.241. The lowest BCUT2D eigenvalue weighted by molar-refractivity contribution is -0.129. The minimum atomic E-state index is -1.22. The fraction of sp³-hybridized carbons (Fsp3) is 0.111. The minimum Gasteiger partial charge on any atom is -0.477 e. The van der Waals surface area contributed by atoms with Crippen molar-refractivity contribution in [1.82, 2.24) is 10.4 Å². The molecule has 8 heteroatoms. The summed E-state index contributed by atoms with van der Waals surface area (Å²) in [7, 11) is 0. The van der Waals surface area contributed by atoms with E-state index in [0.717, 1.165) is 5.56 Å². The molecule has 4 rings (SSSR count). The Hall–Kier alpha value is -3.39. The SMILES string of the molecule is O=C(O)C1=Nc2cc(F)cc(-c3ccccc3)c2C=NC1N1CN=CN1. The van der Waals surface area contributed by atoms with E-state index in [1.54, 1.807) is 6.21 Å². The molecule has 2 aromatic carbocycles. The summed E-state index contributed by atoms with van der Waals surface area (Å²) in [5.41, 5.74) is 4.82. The van der Waals surface area contributed by atoms with Crippen LogP contribution in [-0.2, 0) is 4.79 Å². The molecule has 2 heterocycles. The van der Waals surface area contributed by atoms with Crippen molar-refractivity contribution in [3.8, 4) is 11.1 Å². The summed E-state index contributed by atoms with van der Waals surface area (Å²) in [5, 5.41) is 11.1. The van der Waals surface area contributed by atoms with Crippen LogP contribution in [0.2, 0.25) is 0 Å². The Morgan fingerprint density at radius 3 is 2.77 bits per heavy atom. The van der Waals surface area contributed by atoms with E-state index >= 15 is 0 Å². The molecule has 2 N–H and O–H groups in total. The van der Waals surface area contributed by atoms with E-state index < -0.39 is 18.0 Å². The number of nitrogens with zero attached hydrogens (tertiary/aromatic N) is 4. The van der Waals surface area contributed by atoms with Gasteiger partial charge in [-0.05, 0) is 17.2 Å². The molecule has 0 saturated heterocycles. The van der Waals surface area contributed by atoms with Crippen LogP contribution in [0.1, 0.15) is 5.56 Å². The highest BCUT2D eigenvalue weighted by Gasteiger charge is 2.31. The standard InChI is InChI=1S/C18H14FN5O2/c19-12-6-13(11-4-2-1-3-5-11)14-8-21-17(24-10-20-9-22-24)16(18(25)26)23-15(14)7-12/h1-9,17H,10H2,(H,20,22)(H,25,26). The number of carboxylic acid groups (broad SMARTS) is 1. The first-order valence-electron chi connectivity index (χ1n) is 7.88.